The van der Waals surface area contributed by atoms with Gasteiger partial charge >= 0.3 is 0 Å². The lowest BCUT2D eigenvalue weighted by Gasteiger charge is -2.21. The lowest BCUT2D eigenvalue weighted by molar-refractivity contribution is -0.118. The molecular weight excluding hydrogens is 288 g/mol. The molecule has 1 aromatic carbocycles. The Bertz CT molecular complexity index is 490. The zero-order valence-electron chi connectivity index (χ0n) is 10.8. The molecule has 6 heteroatoms. The Balaban J connectivity index is 2.25. The first-order chi connectivity index (χ1) is 9.45. The molecule has 0 aliphatic heterocycles. The molecule has 0 saturated heterocycles. The van der Waals surface area contributed by atoms with Gasteiger partial charge in [-0.15, -0.1) is 0 Å². The van der Waals surface area contributed by atoms with Gasteiger partial charge in [0.25, 0.3) is 5.92 Å². The maximum Gasteiger partial charge on any atom is 0.294 e. The molecule has 1 saturated carbocycles. The van der Waals surface area contributed by atoms with Crippen LogP contribution in [0.1, 0.15) is 31.2 Å². The van der Waals surface area contributed by atoms with Crippen LogP contribution in [0.25, 0.3) is 0 Å². The molecule has 1 unspecified atom stereocenters. The lowest BCUT2D eigenvalue weighted by Crippen LogP contribution is -2.39. The molecule has 2 N–H and O–H groups in total. The highest BCUT2D eigenvalue weighted by Crippen LogP contribution is 2.37. The Kier molecular flexibility index (Phi) is 4.60. The third-order valence-electron chi connectivity index (χ3n) is 3.48. The summed E-state index contributed by atoms with van der Waals surface area (Å²) in [7, 11) is 0. The third-order valence-corrected chi connectivity index (χ3v) is 3.79. The van der Waals surface area contributed by atoms with Crippen molar-refractivity contribution < 1.29 is 18.3 Å². The topological polar surface area (TPSA) is 52.3 Å². The van der Waals surface area contributed by atoms with E-state index in [-0.39, 0.29) is 28.7 Å². The fourth-order valence-electron chi connectivity index (χ4n) is 2.26. The summed E-state index contributed by atoms with van der Waals surface area (Å²) in [5, 5.41) is 0.274. The normalized spacial score (nSPS) is 18.0. The van der Waals surface area contributed by atoms with Gasteiger partial charge in [0.05, 0.1) is 11.1 Å². The van der Waals surface area contributed by atoms with Crippen LogP contribution in [-0.4, -0.2) is 18.4 Å². The van der Waals surface area contributed by atoms with Crippen molar-refractivity contribution in [2.24, 2.45) is 5.73 Å². The van der Waals surface area contributed by atoms with Crippen LogP contribution in [0, 0.1) is 0 Å². The first-order valence-electron chi connectivity index (χ1n) is 6.50. The summed E-state index contributed by atoms with van der Waals surface area (Å²) >= 11 is 5.97. The number of nitrogens with two attached hydrogens (primary N) is 1. The van der Waals surface area contributed by atoms with Crippen LogP contribution in [0.3, 0.4) is 0 Å². The number of hydrogen-bond acceptors (Lipinski definition) is 3. The molecule has 1 aliphatic rings. The minimum atomic E-state index is -3.44. The molecule has 2 rings (SSSR count). The first kappa shape index (κ1) is 15.2. The van der Waals surface area contributed by atoms with Gasteiger partial charge < -0.3 is 15.3 Å². The molecule has 1 aliphatic carbocycles. The maximum atomic E-state index is 13.9. The Hall–Kier alpha value is -1.20. The largest absolute Gasteiger partial charge is 0.489 e. The number of alkyl halides is 2. The van der Waals surface area contributed by atoms with Crippen LogP contribution < -0.4 is 10.5 Å². The standard InChI is InChI=1S/C14H16ClF2NO2/c15-11-6-5-9(14(16,17)13(18)8-19)7-12(11)20-10-3-1-2-4-10/h5-8,10,13H,1-4,18H2. The van der Waals surface area contributed by atoms with Gasteiger partial charge in [-0.1, -0.05) is 17.7 Å². The van der Waals surface area contributed by atoms with Crippen molar-refractivity contribution in [3.05, 3.63) is 28.8 Å². The molecule has 3 nitrogen and oxygen atoms in total. The highest BCUT2D eigenvalue weighted by Gasteiger charge is 2.39. The number of carbonyl (C=O) groups is 1. The van der Waals surface area contributed by atoms with E-state index >= 15 is 0 Å². The quantitative estimate of drug-likeness (QED) is 0.849. The lowest BCUT2D eigenvalue weighted by atomic mass is 10.0. The van der Waals surface area contributed by atoms with E-state index in [1.54, 1.807) is 0 Å². The fraction of sp³-hybridized carbons (Fsp3) is 0.500. The van der Waals surface area contributed by atoms with Gasteiger partial charge in [-0.25, -0.2) is 0 Å². The van der Waals surface area contributed by atoms with E-state index in [2.05, 4.69) is 0 Å². The van der Waals surface area contributed by atoms with E-state index in [0.29, 0.717) is 0 Å². The molecule has 0 heterocycles. The molecule has 20 heavy (non-hydrogen) atoms. The van der Waals surface area contributed by atoms with E-state index in [9.17, 15) is 13.6 Å². The Labute approximate surface area is 121 Å². The number of halogens is 3. The third kappa shape index (κ3) is 3.10. The highest BCUT2D eigenvalue weighted by molar-refractivity contribution is 6.32. The van der Waals surface area contributed by atoms with Crippen molar-refractivity contribution >= 4 is 17.9 Å². The van der Waals surface area contributed by atoms with Crippen molar-refractivity contribution in [1.82, 2.24) is 0 Å². The summed E-state index contributed by atoms with van der Waals surface area (Å²) in [6.07, 6.45) is 3.96. The molecule has 0 spiro atoms. The molecule has 0 amide bonds. The van der Waals surface area contributed by atoms with Crippen molar-refractivity contribution in [2.75, 3.05) is 0 Å². The Morgan fingerprint density at radius 1 is 1.40 bits per heavy atom. The van der Waals surface area contributed by atoms with Crippen LogP contribution in [0.5, 0.6) is 5.75 Å². The zero-order valence-corrected chi connectivity index (χ0v) is 11.6. The first-order valence-corrected chi connectivity index (χ1v) is 6.88. The molecule has 110 valence electrons. The molecule has 1 aromatic rings. The number of hydrogen-bond donors (Lipinski definition) is 1. The predicted octanol–water partition coefficient (Wildman–Crippen LogP) is 3.28. The van der Waals surface area contributed by atoms with E-state index in [4.69, 9.17) is 22.1 Å². The zero-order chi connectivity index (χ0) is 14.8. The van der Waals surface area contributed by atoms with Crippen LogP contribution in [0.2, 0.25) is 5.02 Å². The molecule has 1 atom stereocenters. The molecule has 0 bridgehead atoms. The SMILES string of the molecule is NC(C=O)C(F)(F)c1ccc(Cl)c(OC2CCCC2)c1. The van der Waals surface area contributed by atoms with Crippen LogP contribution in [0.4, 0.5) is 8.78 Å². The average molecular weight is 304 g/mol. The summed E-state index contributed by atoms with van der Waals surface area (Å²) in [6, 6.07) is 1.78. The van der Waals surface area contributed by atoms with Gasteiger partial charge in [0, 0.05) is 5.56 Å². The number of ether oxygens (including phenoxy) is 1. The van der Waals surface area contributed by atoms with Gasteiger partial charge in [0.15, 0.2) is 0 Å². The van der Waals surface area contributed by atoms with Gasteiger partial charge in [0.2, 0.25) is 0 Å². The molecule has 0 aromatic heterocycles. The summed E-state index contributed by atoms with van der Waals surface area (Å²) < 4.78 is 33.5. The fourth-order valence-corrected chi connectivity index (χ4v) is 2.43. The summed E-state index contributed by atoms with van der Waals surface area (Å²) in [4.78, 5) is 10.5. The number of benzene rings is 1. The maximum absolute atomic E-state index is 13.9. The monoisotopic (exact) mass is 303 g/mol. The number of aldehydes is 1. The van der Waals surface area contributed by atoms with E-state index in [0.717, 1.165) is 31.7 Å². The molecule has 0 radical (unpaired) electrons. The predicted molar refractivity (Wildman–Crippen MR) is 72.3 cm³/mol. The Morgan fingerprint density at radius 3 is 2.65 bits per heavy atom. The van der Waals surface area contributed by atoms with Crippen LogP contribution >= 0.6 is 11.6 Å². The Morgan fingerprint density at radius 2 is 2.05 bits per heavy atom. The van der Waals surface area contributed by atoms with Gasteiger partial charge in [-0.3, -0.25) is 0 Å². The van der Waals surface area contributed by atoms with Gasteiger partial charge in [-0.05, 0) is 37.8 Å². The van der Waals surface area contributed by atoms with Crippen LogP contribution in [0.15, 0.2) is 18.2 Å². The smallest absolute Gasteiger partial charge is 0.294 e. The second-order valence-electron chi connectivity index (χ2n) is 4.95. The number of carbonyl (C=O) groups excluding carboxylic acids is 1. The van der Waals surface area contributed by atoms with E-state index in [1.807, 2.05) is 0 Å². The average Bonchev–Trinajstić information content (AvgIpc) is 2.93. The van der Waals surface area contributed by atoms with Crippen molar-refractivity contribution in [3.63, 3.8) is 0 Å². The molecular formula is C14H16ClF2NO2. The van der Waals surface area contributed by atoms with Gasteiger partial charge in [-0.2, -0.15) is 8.78 Å². The molecule has 1 fully saturated rings. The van der Waals surface area contributed by atoms with Crippen molar-refractivity contribution in [3.8, 4) is 5.75 Å². The summed E-state index contributed by atoms with van der Waals surface area (Å²) in [6.45, 7) is 0. The minimum Gasteiger partial charge on any atom is -0.489 e. The number of rotatable bonds is 5. The van der Waals surface area contributed by atoms with E-state index in [1.165, 1.54) is 12.1 Å². The summed E-state index contributed by atoms with van der Waals surface area (Å²) in [5.74, 6) is -3.23. The summed E-state index contributed by atoms with van der Waals surface area (Å²) in [5.41, 5.74) is 4.78. The van der Waals surface area contributed by atoms with Crippen molar-refractivity contribution in [1.29, 1.82) is 0 Å². The highest BCUT2D eigenvalue weighted by atomic mass is 35.5. The second kappa shape index (κ2) is 6.06. The second-order valence-corrected chi connectivity index (χ2v) is 5.36. The van der Waals surface area contributed by atoms with Crippen molar-refractivity contribution in [2.45, 2.75) is 43.8 Å². The van der Waals surface area contributed by atoms with Crippen LogP contribution in [-0.2, 0) is 10.7 Å². The van der Waals surface area contributed by atoms with Gasteiger partial charge in [0.1, 0.15) is 18.1 Å². The minimum absolute atomic E-state index is 0.0103. The van der Waals surface area contributed by atoms with E-state index < -0.39 is 12.0 Å².